The third-order valence-electron chi connectivity index (χ3n) is 5.54. The van der Waals surface area contributed by atoms with Crippen molar-refractivity contribution < 1.29 is 19.0 Å². The molecule has 1 fully saturated rings. The molecule has 29 heavy (non-hydrogen) atoms. The Morgan fingerprint density at radius 1 is 1.28 bits per heavy atom. The van der Waals surface area contributed by atoms with E-state index in [1.165, 1.54) is 0 Å². The average molecular weight is 413 g/mol. The van der Waals surface area contributed by atoms with Crippen molar-refractivity contribution in [1.29, 1.82) is 0 Å². The van der Waals surface area contributed by atoms with Gasteiger partial charge in [0.15, 0.2) is 16.6 Å². The van der Waals surface area contributed by atoms with Crippen molar-refractivity contribution in [2.24, 2.45) is 5.92 Å². The van der Waals surface area contributed by atoms with Crippen LogP contribution in [0.25, 0.3) is 0 Å². The molecular formula is C22H24N2O4S. The highest BCUT2D eigenvalue weighted by molar-refractivity contribution is 7.80. The molecule has 0 radical (unpaired) electrons. The number of rotatable bonds is 4. The molecule has 0 spiro atoms. The molecule has 0 aromatic heterocycles. The fourth-order valence-electron chi connectivity index (χ4n) is 4.21. The number of hydrogen-bond donors (Lipinski definition) is 1. The van der Waals surface area contributed by atoms with Crippen molar-refractivity contribution in [2.75, 3.05) is 18.6 Å². The van der Waals surface area contributed by atoms with E-state index >= 15 is 0 Å². The Bertz CT molecular complexity index is 962. The van der Waals surface area contributed by atoms with E-state index in [1.807, 2.05) is 61.2 Å². The number of nitrogens with zero attached hydrogens (tertiary/aromatic N) is 1. The highest BCUT2D eigenvalue weighted by Gasteiger charge is 2.60. The second-order valence-electron chi connectivity index (χ2n) is 7.36. The van der Waals surface area contributed by atoms with Gasteiger partial charge in [-0.25, -0.2) is 0 Å². The fourth-order valence-corrected chi connectivity index (χ4v) is 4.62. The lowest BCUT2D eigenvalue weighted by Gasteiger charge is -2.55. The number of ether oxygens (including phenoxy) is 3. The average Bonchev–Trinajstić information content (AvgIpc) is 2.68. The number of methoxy groups -OCH3 is 1. The molecule has 6 nitrogen and oxygen atoms in total. The fraction of sp³-hybridized carbons (Fsp3) is 0.364. The molecule has 2 aromatic rings. The highest BCUT2D eigenvalue weighted by Crippen LogP contribution is 2.52. The maximum atomic E-state index is 13.1. The molecule has 2 aromatic carbocycles. The van der Waals surface area contributed by atoms with Crippen LogP contribution < -0.4 is 19.7 Å². The Labute approximate surface area is 175 Å². The SMILES string of the molecule is CCOC(=O)[C@H]1[C@H]2NC(=S)N(c3ccc(C)cc3)[C@@]1(C)Oc1c(OC)cccc12. The summed E-state index contributed by atoms with van der Waals surface area (Å²) in [7, 11) is 1.60. The summed E-state index contributed by atoms with van der Waals surface area (Å²) in [5, 5.41) is 3.85. The number of esters is 1. The molecule has 2 aliphatic rings. The first kappa shape index (κ1) is 19.5. The molecule has 4 rings (SSSR count). The van der Waals surface area contributed by atoms with Gasteiger partial charge < -0.3 is 19.5 Å². The molecule has 152 valence electrons. The first-order valence-corrected chi connectivity index (χ1v) is 10.0. The molecule has 0 unspecified atom stereocenters. The van der Waals surface area contributed by atoms with Crippen molar-refractivity contribution in [3.8, 4) is 11.5 Å². The Morgan fingerprint density at radius 3 is 2.66 bits per heavy atom. The Balaban J connectivity index is 1.91. The van der Waals surface area contributed by atoms with Crippen LogP contribution in [0.2, 0.25) is 0 Å². The molecular weight excluding hydrogens is 388 g/mol. The quantitative estimate of drug-likeness (QED) is 0.607. The van der Waals surface area contributed by atoms with Gasteiger partial charge in [0.2, 0.25) is 5.72 Å². The lowest BCUT2D eigenvalue weighted by Crippen LogP contribution is -2.71. The highest BCUT2D eigenvalue weighted by atomic mass is 32.1. The van der Waals surface area contributed by atoms with Crippen molar-refractivity contribution in [1.82, 2.24) is 5.32 Å². The van der Waals surface area contributed by atoms with Crippen LogP contribution in [0.3, 0.4) is 0 Å². The largest absolute Gasteiger partial charge is 0.493 e. The monoisotopic (exact) mass is 412 g/mol. The minimum atomic E-state index is -1.09. The zero-order valence-corrected chi connectivity index (χ0v) is 17.7. The molecule has 1 saturated heterocycles. The lowest BCUT2D eigenvalue weighted by atomic mass is 9.79. The number of thiocarbonyl (C=S) groups is 1. The van der Waals surface area contributed by atoms with Gasteiger partial charge in [-0.05, 0) is 51.2 Å². The number of carbonyl (C=O) groups is 1. The number of nitrogens with one attached hydrogen (secondary N) is 1. The maximum Gasteiger partial charge on any atom is 0.317 e. The van der Waals surface area contributed by atoms with Gasteiger partial charge in [0, 0.05) is 11.3 Å². The second-order valence-corrected chi connectivity index (χ2v) is 7.75. The van der Waals surface area contributed by atoms with Gasteiger partial charge in [0.05, 0.1) is 19.8 Å². The van der Waals surface area contributed by atoms with Crippen molar-refractivity contribution in [2.45, 2.75) is 32.5 Å². The van der Waals surface area contributed by atoms with Crippen LogP contribution in [0.5, 0.6) is 11.5 Å². The van der Waals surface area contributed by atoms with Crippen LogP contribution in [0.15, 0.2) is 42.5 Å². The Morgan fingerprint density at radius 2 is 2.00 bits per heavy atom. The number of carbonyl (C=O) groups excluding carboxylic acids is 1. The van der Waals surface area contributed by atoms with Gasteiger partial charge in [0.25, 0.3) is 0 Å². The summed E-state index contributed by atoms with van der Waals surface area (Å²) in [6.45, 7) is 5.99. The summed E-state index contributed by atoms with van der Waals surface area (Å²) < 4.78 is 17.5. The molecule has 2 heterocycles. The van der Waals surface area contributed by atoms with Crippen LogP contribution >= 0.6 is 12.2 Å². The van der Waals surface area contributed by atoms with Crippen LogP contribution in [-0.4, -0.2) is 30.5 Å². The van der Waals surface area contributed by atoms with Gasteiger partial charge in [0.1, 0.15) is 5.92 Å². The molecule has 0 amide bonds. The predicted octanol–water partition coefficient (Wildman–Crippen LogP) is 3.73. The molecule has 2 aliphatic heterocycles. The molecule has 7 heteroatoms. The number of hydrogen-bond acceptors (Lipinski definition) is 5. The molecule has 0 saturated carbocycles. The van der Waals surface area contributed by atoms with E-state index in [9.17, 15) is 4.79 Å². The van der Waals surface area contributed by atoms with E-state index in [0.29, 0.717) is 16.6 Å². The predicted molar refractivity (Wildman–Crippen MR) is 114 cm³/mol. The second kappa shape index (κ2) is 7.22. The number of aryl methyl sites for hydroxylation is 1. The summed E-state index contributed by atoms with van der Waals surface area (Å²) in [4.78, 5) is 14.9. The first-order chi connectivity index (χ1) is 13.9. The minimum absolute atomic E-state index is 0.290. The zero-order valence-electron chi connectivity index (χ0n) is 16.9. The van der Waals surface area contributed by atoms with E-state index in [1.54, 1.807) is 14.0 Å². The summed E-state index contributed by atoms with van der Waals surface area (Å²) >= 11 is 5.71. The van der Waals surface area contributed by atoms with Crippen molar-refractivity contribution in [3.05, 3.63) is 53.6 Å². The van der Waals surface area contributed by atoms with Crippen LogP contribution in [0, 0.1) is 12.8 Å². The number of benzene rings is 2. The number of fused-ring (bicyclic) bond motifs is 4. The molecule has 3 atom stereocenters. The van der Waals surface area contributed by atoms with Crippen LogP contribution in [0.4, 0.5) is 5.69 Å². The van der Waals surface area contributed by atoms with Gasteiger partial charge >= 0.3 is 5.97 Å². The van der Waals surface area contributed by atoms with E-state index in [2.05, 4.69) is 5.32 Å². The lowest BCUT2D eigenvalue weighted by molar-refractivity contribution is -0.159. The van der Waals surface area contributed by atoms with Crippen LogP contribution in [0.1, 0.15) is 31.0 Å². The Hall–Kier alpha value is -2.80. The zero-order chi connectivity index (χ0) is 20.8. The summed E-state index contributed by atoms with van der Waals surface area (Å²) in [5.41, 5.74) is 1.70. The minimum Gasteiger partial charge on any atom is -0.493 e. The van der Waals surface area contributed by atoms with Gasteiger partial charge in [-0.2, -0.15) is 0 Å². The Kier molecular flexibility index (Phi) is 4.86. The standard InChI is InChI=1S/C22H24N2O4S/c1-5-27-20(25)17-18-15-7-6-8-16(26-4)19(15)28-22(17,3)24(21(29)23-18)14-11-9-13(2)10-12-14/h6-12,17-18H,5H2,1-4H3,(H,23,29)/t17-,18+,22+/m1/s1. The van der Waals surface area contributed by atoms with Gasteiger partial charge in [-0.3, -0.25) is 9.69 Å². The topological polar surface area (TPSA) is 60.0 Å². The number of anilines is 1. The normalized spacial score (nSPS) is 24.8. The molecule has 1 N–H and O–H groups in total. The third kappa shape index (κ3) is 3.00. The smallest absolute Gasteiger partial charge is 0.317 e. The van der Waals surface area contributed by atoms with Gasteiger partial charge in [-0.15, -0.1) is 0 Å². The van der Waals surface area contributed by atoms with E-state index in [0.717, 1.165) is 16.8 Å². The van der Waals surface area contributed by atoms with Gasteiger partial charge in [-0.1, -0.05) is 29.8 Å². The molecule has 2 bridgehead atoms. The third-order valence-corrected chi connectivity index (χ3v) is 5.84. The van der Waals surface area contributed by atoms with Crippen molar-refractivity contribution in [3.63, 3.8) is 0 Å². The van der Waals surface area contributed by atoms with E-state index in [4.69, 9.17) is 26.4 Å². The van der Waals surface area contributed by atoms with E-state index < -0.39 is 11.6 Å². The van der Waals surface area contributed by atoms with Crippen molar-refractivity contribution >= 4 is 29.0 Å². The summed E-state index contributed by atoms with van der Waals surface area (Å²) in [6.07, 6.45) is 0. The van der Waals surface area contributed by atoms with Crippen LogP contribution in [-0.2, 0) is 9.53 Å². The number of para-hydroxylation sites is 1. The summed E-state index contributed by atoms with van der Waals surface area (Å²) in [6, 6.07) is 13.2. The molecule has 0 aliphatic carbocycles. The maximum absolute atomic E-state index is 13.1. The summed E-state index contributed by atoms with van der Waals surface area (Å²) in [5.74, 6) is 0.255. The van der Waals surface area contributed by atoms with E-state index in [-0.39, 0.29) is 18.6 Å². The first-order valence-electron chi connectivity index (χ1n) is 9.60.